The van der Waals surface area contributed by atoms with Gasteiger partial charge in [0.2, 0.25) is 5.91 Å². The van der Waals surface area contributed by atoms with E-state index in [2.05, 4.69) is 10.1 Å². The van der Waals surface area contributed by atoms with Crippen LogP contribution in [-0.2, 0) is 16.0 Å². The number of thiophene rings is 1. The number of anilines is 1. The first-order valence-electron chi connectivity index (χ1n) is 10.3. The number of hydrogen-bond donors (Lipinski definition) is 2. The number of halogens is 3. The van der Waals surface area contributed by atoms with E-state index in [0.717, 1.165) is 28.8 Å². The molecule has 0 aliphatic carbocycles. The number of alkyl halides is 3. The van der Waals surface area contributed by atoms with Gasteiger partial charge in [-0.25, -0.2) is 0 Å². The first kappa shape index (κ1) is 26.3. The van der Waals surface area contributed by atoms with Crippen molar-refractivity contribution in [1.82, 2.24) is 0 Å². The van der Waals surface area contributed by atoms with E-state index in [-0.39, 0.29) is 21.9 Å². The van der Waals surface area contributed by atoms with Crippen LogP contribution < -0.4 is 10.1 Å². The lowest BCUT2D eigenvalue weighted by Crippen LogP contribution is -2.21. The van der Waals surface area contributed by atoms with Crippen molar-refractivity contribution < 1.29 is 37.4 Å². The predicted molar refractivity (Wildman–Crippen MR) is 128 cm³/mol. The number of rotatable bonds is 10. The Morgan fingerprint density at radius 1 is 1.09 bits per heavy atom. The number of thioether (sulfide) groups is 1. The van der Waals surface area contributed by atoms with E-state index >= 15 is 0 Å². The largest absolute Gasteiger partial charge is 0.573 e. The molecule has 1 aromatic heterocycles. The number of benzene rings is 2. The van der Waals surface area contributed by atoms with Crippen molar-refractivity contribution in [3.63, 3.8) is 0 Å². The molecular formula is C24H20F3NO5S2. The highest BCUT2D eigenvalue weighted by atomic mass is 32.2. The van der Waals surface area contributed by atoms with Crippen LogP contribution in [0.2, 0.25) is 0 Å². The number of amides is 1. The van der Waals surface area contributed by atoms with Crippen LogP contribution in [0.15, 0.2) is 60.7 Å². The van der Waals surface area contributed by atoms with Crippen molar-refractivity contribution in [3.8, 4) is 5.75 Å². The Bertz CT molecular complexity index is 1190. The number of carbonyl (C=O) groups excluding carboxylic acids is 2. The maximum absolute atomic E-state index is 13.2. The first-order chi connectivity index (χ1) is 16.6. The summed E-state index contributed by atoms with van der Waals surface area (Å²) in [5, 5.41) is 11.3. The highest BCUT2D eigenvalue weighted by Crippen LogP contribution is 2.35. The lowest BCUT2D eigenvalue weighted by atomic mass is 10.0. The van der Waals surface area contributed by atoms with Crippen LogP contribution in [-0.4, -0.2) is 34.9 Å². The Morgan fingerprint density at radius 3 is 2.31 bits per heavy atom. The summed E-state index contributed by atoms with van der Waals surface area (Å²) >= 11 is 2.15. The second-order valence-corrected chi connectivity index (χ2v) is 9.43. The van der Waals surface area contributed by atoms with Gasteiger partial charge in [-0.2, -0.15) is 0 Å². The number of aliphatic carboxylic acids is 1. The van der Waals surface area contributed by atoms with Gasteiger partial charge in [0, 0.05) is 10.4 Å². The Hall–Kier alpha value is -3.31. The van der Waals surface area contributed by atoms with Gasteiger partial charge in [0.1, 0.15) is 16.0 Å². The van der Waals surface area contributed by atoms with Crippen molar-refractivity contribution in [3.05, 3.63) is 82.2 Å². The molecule has 3 aromatic rings. The van der Waals surface area contributed by atoms with Gasteiger partial charge < -0.3 is 15.2 Å². The summed E-state index contributed by atoms with van der Waals surface area (Å²) in [5.74, 6) is -2.79. The molecule has 6 nitrogen and oxygen atoms in total. The van der Waals surface area contributed by atoms with Crippen LogP contribution in [0, 0.1) is 0 Å². The van der Waals surface area contributed by atoms with E-state index in [4.69, 9.17) is 5.11 Å². The summed E-state index contributed by atoms with van der Waals surface area (Å²) < 4.78 is 41.1. The number of ether oxygens (including phenoxy) is 1. The van der Waals surface area contributed by atoms with E-state index in [9.17, 15) is 27.6 Å². The first-order valence-corrected chi connectivity index (χ1v) is 12.2. The van der Waals surface area contributed by atoms with Crippen molar-refractivity contribution in [2.75, 3.05) is 11.1 Å². The standard InChI is InChI=1S/C24H20F3NO5S2/c1-2-17-12-18(20(31)14-8-10-16(11-9-14)33-24(25,26)27)23(35-17)28-22(32)21(34-13-19(29)30)15-6-4-3-5-7-15/h3-12,21H,2,13H2,1H3,(H,28,32)(H,29,30). The summed E-state index contributed by atoms with van der Waals surface area (Å²) in [6.07, 6.45) is -4.25. The fraction of sp³-hybridized carbons (Fsp3) is 0.208. The molecule has 1 amide bonds. The van der Waals surface area contributed by atoms with Gasteiger partial charge in [0.25, 0.3) is 0 Å². The monoisotopic (exact) mass is 523 g/mol. The fourth-order valence-electron chi connectivity index (χ4n) is 3.12. The number of carbonyl (C=O) groups is 3. The molecule has 1 heterocycles. The Kier molecular flexibility index (Phi) is 8.57. The molecule has 0 spiro atoms. The molecule has 11 heteroatoms. The van der Waals surface area contributed by atoms with Crippen LogP contribution in [0.4, 0.5) is 18.2 Å². The van der Waals surface area contributed by atoms with Crippen LogP contribution in [0.1, 0.15) is 38.5 Å². The molecule has 0 aliphatic rings. The van der Waals surface area contributed by atoms with Crippen molar-refractivity contribution in [2.24, 2.45) is 0 Å². The number of ketones is 1. The van der Waals surface area contributed by atoms with Gasteiger partial charge >= 0.3 is 12.3 Å². The van der Waals surface area contributed by atoms with Crippen LogP contribution in [0.5, 0.6) is 5.75 Å². The summed E-state index contributed by atoms with van der Waals surface area (Å²) in [4.78, 5) is 38.2. The minimum atomic E-state index is -4.85. The molecule has 0 saturated carbocycles. The van der Waals surface area contributed by atoms with Crippen LogP contribution >= 0.6 is 23.1 Å². The minimum absolute atomic E-state index is 0.121. The maximum Gasteiger partial charge on any atom is 0.573 e. The van der Waals surface area contributed by atoms with Crippen LogP contribution in [0.25, 0.3) is 0 Å². The van der Waals surface area contributed by atoms with Crippen molar-refractivity contribution in [1.29, 1.82) is 0 Å². The number of nitrogens with one attached hydrogen (secondary N) is 1. The second-order valence-electron chi connectivity index (χ2n) is 7.20. The average molecular weight is 524 g/mol. The number of aryl methyl sites for hydroxylation is 1. The molecule has 2 N–H and O–H groups in total. The molecule has 35 heavy (non-hydrogen) atoms. The second kappa shape index (κ2) is 11.4. The highest BCUT2D eigenvalue weighted by Gasteiger charge is 2.31. The smallest absolute Gasteiger partial charge is 0.481 e. The van der Waals surface area contributed by atoms with Crippen molar-refractivity contribution >= 4 is 45.8 Å². The predicted octanol–water partition coefficient (Wildman–Crippen LogP) is 5.94. The third-order valence-electron chi connectivity index (χ3n) is 4.68. The summed E-state index contributed by atoms with van der Waals surface area (Å²) in [7, 11) is 0. The van der Waals surface area contributed by atoms with Gasteiger partial charge in [0.15, 0.2) is 5.78 Å². The van der Waals surface area contributed by atoms with E-state index < -0.39 is 35.0 Å². The quantitative estimate of drug-likeness (QED) is 0.320. The molecule has 184 valence electrons. The molecular weight excluding hydrogens is 503 g/mol. The zero-order valence-corrected chi connectivity index (χ0v) is 19.9. The molecule has 0 aliphatic heterocycles. The summed E-state index contributed by atoms with van der Waals surface area (Å²) in [6, 6.07) is 14.8. The molecule has 0 saturated heterocycles. The van der Waals surface area contributed by atoms with E-state index in [0.29, 0.717) is 12.0 Å². The molecule has 0 radical (unpaired) electrons. The fourth-order valence-corrected chi connectivity index (χ4v) is 4.99. The Morgan fingerprint density at radius 2 is 1.74 bits per heavy atom. The summed E-state index contributed by atoms with van der Waals surface area (Å²) in [6.45, 7) is 1.88. The molecule has 1 unspecified atom stereocenters. The third-order valence-corrected chi connectivity index (χ3v) is 7.10. The topological polar surface area (TPSA) is 92.7 Å². The molecule has 1 atom stereocenters. The SMILES string of the molecule is CCc1cc(C(=O)c2ccc(OC(F)(F)F)cc2)c(NC(=O)C(SCC(=O)O)c2ccccc2)s1. The number of hydrogen-bond acceptors (Lipinski definition) is 6. The van der Waals surface area contributed by atoms with Gasteiger partial charge in [-0.1, -0.05) is 37.3 Å². The third kappa shape index (κ3) is 7.33. The molecule has 0 bridgehead atoms. The number of carboxylic acid groups (broad SMARTS) is 1. The lowest BCUT2D eigenvalue weighted by Gasteiger charge is -2.16. The van der Waals surface area contributed by atoms with Crippen LogP contribution in [0.3, 0.4) is 0 Å². The Labute approximate surface area is 207 Å². The zero-order chi connectivity index (χ0) is 25.6. The van der Waals surface area contributed by atoms with Gasteiger partial charge in [0.05, 0.1) is 11.3 Å². The molecule has 0 fully saturated rings. The average Bonchev–Trinajstić information content (AvgIpc) is 3.21. The zero-order valence-electron chi connectivity index (χ0n) is 18.3. The van der Waals surface area contributed by atoms with Gasteiger partial charge in [-0.3, -0.25) is 14.4 Å². The molecule has 3 rings (SSSR count). The summed E-state index contributed by atoms with van der Waals surface area (Å²) in [5.41, 5.74) is 0.923. The van der Waals surface area contributed by atoms with Gasteiger partial charge in [-0.15, -0.1) is 36.3 Å². The van der Waals surface area contributed by atoms with Crippen molar-refractivity contribution in [2.45, 2.75) is 25.0 Å². The van der Waals surface area contributed by atoms with E-state index in [1.807, 2.05) is 6.92 Å². The normalized spacial score (nSPS) is 12.1. The minimum Gasteiger partial charge on any atom is -0.481 e. The maximum atomic E-state index is 13.2. The Balaban J connectivity index is 1.86. The van der Waals surface area contributed by atoms with E-state index in [1.54, 1.807) is 36.4 Å². The molecule has 2 aromatic carbocycles. The highest BCUT2D eigenvalue weighted by molar-refractivity contribution is 8.00. The van der Waals surface area contributed by atoms with Gasteiger partial charge in [-0.05, 0) is 42.3 Å². The number of carboxylic acids is 1. The lowest BCUT2D eigenvalue weighted by molar-refractivity contribution is -0.274. The van der Waals surface area contributed by atoms with E-state index in [1.165, 1.54) is 23.5 Å².